The Morgan fingerprint density at radius 2 is 1.24 bits per heavy atom. The van der Waals surface area contributed by atoms with E-state index in [0.717, 1.165) is 22.3 Å². The fraction of sp³-hybridized carbons (Fsp3) is 0.125. The Bertz CT molecular complexity index is 1280. The summed E-state index contributed by atoms with van der Waals surface area (Å²) in [7, 11) is 0. The van der Waals surface area contributed by atoms with Gasteiger partial charge in [0.25, 0.3) is 5.91 Å². The van der Waals surface area contributed by atoms with Gasteiger partial charge in [-0.15, -0.1) is 0 Å². The molecule has 0 aliphatic carbocycles. The average Bonchev–Trinajstić information content (AvgIpc) is 3.52. The van der Waals surface area contributed by atoms with Crippen molar-refractivity contribution in [3.8, 4) is 0 Å². The molecular formula is C32H29N3O2. The molecule has 1 aromatic heterocycles. The maximum Gasteiger partial charge on any atom is 0.251 e. The monoisotopic (exact) mass is 487 g/mol. The van der Waals surface area contributed by atoms with Crippen molar-refractivity contribution in [1.29, 1.82) is 0 Å². The molecule has 5 aromatic rings. The predicted molar refractivity (Wildman–Crippen MR) is 145 cm³/mol. The SMILES string of the molecule is O=C([C@H](COCc1ccccc1)NC(c1ccccc1)(c1ccccc1)c1ccccc1)n1ccnc1. The molecule has 184 valence electrons. The van der Waals surface area contributed by atoms with Gasteiger partial charge in [-0.2, -0.15) is 0 Å². The number of nitrogens with zero attached hydrogens (tertiary/aromatic N) is 2. The normalized spacial score (nSPS) is 12.2. The van der Waals surface area contributed by atoms with Crippen molar-refractivity contribution in [3.63, 3.8) is 0 Å². The summed E-state index contributed by atoms with van der Waals surface area (Å²) in [5.74, 6) is -0.141. The molecule has 0 saturated carbocycles. The fourth-order valence-electron chi connectivity index (χ4n) is 4.69. The van der Waals surface area contributed by atoms with Crippen LogP contribution in [0.4, 0.5) is 0 Å². The minimum Gasteiger partial charge on any atom is -0.375 e. The molecule has 0 aliphatic heterocycles. The lowest BCUT2D eigenvalue weighted by Gasteiger charge is -2.39. The zero-order valence-corrected chi connectivity index (χ0v) is 20.5. The van der Waals surface area contributed by atoms with E-state index >= 15 is 0 Å². The van der Waals surface area contributed by atoms with Gasteiger partial charge < -0.3 is 4.74 Å². The van der Waals surface area contributed by atoms with Gasteiger partial charge in [-0.1, -0.05) is 121 Å². The van der Waals surface area contributed by atoms with Gasteiger partial charge in [0.05, 0.1) is 18.8 Å². The van der Waals surface area contributed by atoms with Gasteiger partial charge in [0.1, 0.15) is 12.4 Å². The van der Waals surface area contributed by atoms with Crippen molar-refractivity contribution in [3.05, 3.63) is 162 Å². The molecule has 1 atom stereocenters. The average molecular weight is 488 g/mol. The first-order valence-electron chi connectivity index (χ1n) is 12.4. The number of aromatic nitrogens is 2. The number of hydrogen-bond donors (Lipinski definition) is 1. The minimum atomic E-state index is -0.805. The number of carbonyl (C=O) groups is 1. The molecule has 0 spiro atoms. The summed E-state index contributed by atoms with van der Waals surface area (Å²) < 4.78 is 7.65. The molecule has 0 amide bonds. The molecule has 0 fully saturated rings. The lowest BCUT2D eigenvalue weighted by atomic mass is 9.76. The molecular weight excluding hydrogens is 458 g/mol. The lowest BCUT2D eigenvalue weighted by molar-refractivity contribution is 0.0625. The second kappa shape index (κ2) is 11.6. The molecule has 0 unspecified atom stereocenters. The quantitative estimate of drug-likeness (QED) is 0.257. The van der Waals surface area contributed by atoms with Crippen molar-refractivity contribution in [2.24, 2.45) is 0 Å². The zero-order valence-electron chi connectivity index (χ0n) is 20.5. The molecule has 4 aromatic carbocycles. The summed E-state index contributed by atoms with van der Waals surface area (Å²) in [6, 6.07) is 40.0. The van der Waals surface area contributed by atoms with Crippen molar-refractivity contribution < 1.29 is 9.53 Å². The van der Waals surface area contributed by atoms with E-state index in [0.29, 0.717) is 6.61 Å². The van der Waals surface area contributed by atoms with Crippen molar-refractivity contribution >= 4 is 5.91 Å². The van der Waals surface area contributed by atoms with Gasteiger partial charge in [-0.25, -0.2) is 4.98 Å². The van der Waals surface area contributed by atoms with E-state index in [-0.39, 0.29) is 12.5 Å². The summed E-state index contributed by atoms with van der Waals surface area (Å²) in [6.07, 6.45) is 4.81. The molecule has 0 aliphatic rings. The molecule has 37 heavy (non-hydrogen) atoms. The first kappa shape index (κ1) is 24.4. The van der Waals surface area contributed by atoms with Crippen LogP contribution in [0.15, 0.2) is 140 Å². The van der Waals surface area contributed by atoms with Crippen LogP contribution in [0.2, 0.25) is 0 Å². The van der Waals surface area contributed by atoms with E-state index in [1.165, 1.54) is 10.9 Å². The topological polar surface area (TPSA) is 56.1 Å². The highest BCUT2D eigenvalue weighted by molar-refractivity contribution is 5.84. The number of imidazole rings is 1. The Labute approximate surface area is 217 Å². The Kier molecular flexibility index (Phi) is 7.65. The van der Waals surface area contributed by atoms with Crippen LogP contribution in [0.5, 0.6) is 0 Å². The fourth-order valence-corrected chi connectivity index (χ4v) is 4.69. The Morgan fingerprint density at radius 1 is 0.757 bits per heavy atom. The van der Waals surface area contributed by atoms with Crippen molar-refractivity contribution in [2.45, 2.75) is 18.2 Å². The van der Waals surface area contributed by atoms with E-state index < -0.39 is 11.6 Å². The van der Waals surface area contributed by atoms with Crippen LogP contribution in [-0.4, -0.2) is 28.1 Å². The Hall–Kier alpha value is -4.32. The van der Waals surface area contributed by atoms with Crippen LogP contribution in [0.1, 0.15) is 27.0 Å². The maximum absolute atomic E-state index is 13.8. The first-order chi connectivity index (χ1) is 18.3. The number of ether oxygens (including phenoxy) is 1. The molecule has 0 saturated heterocycles. The van der Waals surface area contributed by atoms with Crippen LogP contribution < -0.4 is 5.32 Å². The van der Waals surface area contributed by atoms with Crippen LogP contribution >= 0.6 is 0 Å². The van der Waals surface area contributed by atoms with E-state index in [4.69, 9.17) is 4.74 Å². The first-order valence-corrected chi connectivity index (χ1v) is 12.4. The molecule has 5 rings (SSSR count). The molecule has 0 radical (unpaired) electrons. The van der Waals surface area contributed by atoms with Crippen LogP contribution in [-0.2, 0) is 16.9 Å². The molecule has 1 heterocycles. The van der Waals surface area contributed by atoms with Gasteiger partial charge in [0, 0.05) is 12.4 Å². The highest BCUT2D eigenvalue weighted by Gasteiger charge is 2.40. The van der Waals surface area contributed by atoms with E-state index in [1.54, 1.807) is 12.4 Å². The van der Waals surface area contributed by atoms with E-state index in [2.05, 4.69) is 46.7 Å². The molecule has 0 bridgehead atoms. The van der Waals surface area contributed by atoms with Crippen molar-refractivity contribution in [1.82, 2.24) is 14.9 Å². The standard InChI is InChI=1S/C32H29N3O2/c36-31(35-22-21-33-25-35)30(24-37-23-26-13-5-1-6-14-26)34-32(27-15-7-2-8-16-27,28-17-9-3-10-18-28)29-19-11-4-12-20-29/h1-22,25,30,34H,23-24H2/t30-/m0/s1. The second-order valence-electron chi connectivity index (χ2n) is 8.85. The minimum absolute atomic E-state index is 0.141. The third kappa shape index (κ3) is 5.43. The van der Waals surface area contributed by atoms with Gasteiger partial charge in [-0.3, -0.25) is 14.7 Å². The highest BCUT2D eigenvalue weighted by Crippen LogP contribution is 2.37. The summed E-state index contributed by atoms with van der Waals surface area (Å²) in [6.45, 7) is 0.589. The van der Waals surface area contributed by atoms with Crippen LogP contribution in [0.25, 0.3) is 0 Å². The third-order valence-electron chi connectivity index (χ3n) is 6.46. The lowest BCUT2D eigenvalue weighted by Crippen LogP contribution is -2.55. The smallest absolute Gasteiger partial charge is 0.251 e. The second-order valence-corrected chi connectivity index (χ2v) is 8.85. The predicted octanol–water partition coefficient (Wildman–Crippen LogP) is 5.69. The van der Waals surface area contributed by atoms with E-state index in [9.17, 15) is 4.79 Å². The van der Waals surface area contributed by atoms with Crippen LogP contribution in [0.3, 0.4) is 0 Å². The number of benzene rings is 4. The largest absolute Gasteiger partial charge is 0.375 e. The maximum atomic E-state index is 13.8. The number of carbonyl (C=O) groups excluding carboxylic acids is 1. The summed E-state index contributed by atoms with van der Waals surface area (Å²) in [4.78, 5) is 17.9. The zero-order chi connectivity index (χ0) is 25.3. The number of nitrogens with one attached hydrogen (secondary N) is 1. The third-order valence-corrected chi connectivity index (χ3v) is 6.46. The molecule has 5 heteroatoms. The van der Waals surface area contributed by atoms with Gasteiger partial charge >= 0.3 is 0 Å². The summed E-state index contributed by atoms with van der Waals surface area (Å²) in [5.41, 5.74) is 3.33. The Morgan fingerprint density at radius 3 is 1.70 bits per heavy atom. The van der Waals surface area contributed by atoms with Crippen LogP contribution in [0, 0.1) is 0 Å². The number of rotatable bonds is 10. The summed E-state index contributed by atoms with van der Waals surface area (Å²) in [5, 5.41) is 3.77. The van der Waals surface area contributed by atoms with Gasteiger partial charge in [0.15, 0.2) is 0 Å². The highest BCUT2D eigenvalue weighted by atomic mass is 16.5. The van der Waals surface area contributed by atoms with E-state index in [1.807, 2.05) is 84.9 Å². The van der Waals surface area contributed by atoms with Gasteiger partial charge in [0.2, 0.25) is 0 Å². The van der Waals surface area contributed by atoms with Crippen molar-refractivity contribution in [2.75, 3.05) is 6.61 Å². The number of hydrogen-bond acceptors (Lipinski definition) is 4. The van der Waals surface area contributed by atoms with Gasteiger partial charge in [-0.05, 0) is 22.3 Å². The summed E-state index contributed by atoms with van der Waals surface area (Å²) >= 11 is 0. The molecule has 5 nitrogen and oxygen atoms in total. The molecule has 1 N–H and O–H groups in total. The Balaban J connectivity index is 1.59.